The molecule has 2 aliphatic carbocycles. The molecule has 0 aromatic heterocycles. The third kappa shape index (κ3) is 7.15. The Balaban J connectivity index is 0.00000136. The van der Waals surface area contributed by atoms with Crippen LogP contribution >= 0.6 is 0 Å². The van der Waals surface area contributed by atoms with Crippen molar-refractivity contribution in [3.8, 4) is 0 Å². The molecule has 1 aromatic carbocycles. The van der Waals surface area contributed by atoms with Gasteiger partial charge in [0.05, 0.1) is 0 Å². The van der Waals surface area contributed by atoms with Gasteiger partial charge in [-0.25, -0.2) is 0 Å². The van der Waals surface area contributed by atoms with Crippen LogP contribution < -0.4 is 0 Å². The average Bonchev–Trinajstić information content (AvgIpc) is 3.06. The molecule has 0 amide bonds. The smallest absolute Gasteiger partial charge is 0.00155 e. The third-order valence-corrected chi connectivity index (χ3v) is 5.70. The summed E-state index contributed by atoms with van der Waals surface area (Å²) in [7, 11) is 0. The molecule has 0 nitrogen and oxygen atoms in total. The minimum absolute atomic E-state index is 0.579. The van der Waals surface area contributed by atoms with Crippen LogP contribution in [0.1, 0.15) is 71.8 Å². The van der Waals surface area contributed by atoms with Gasteiger partial charge in [0, 0.05) is 0 Å². The maximum Gasteiger partial charge on any atom is -0.00155 e. The second-order valence-electron chi connectivity index (χ2n) is 7.69. The lowest BCUT2D eigenvalue weighted by Crippen LogP contribution is -1.98. The zero-order chi connectivity index (χ0) is 20.2. The Labute approximate surface area is 173 Å². The molecule has 0 bridgehead atoms. The fraction of sp³-hybridized carbons (Fsp3) is 0.429. The predicted molar refractivity (Wildman–Crippen MR) is 126 cm³/mol. The summed E-state index contributed by atoms with van der Waals surface area (Å²) in [4.78, 5) is 0. The maximum absolute atomic E-state index is 2.47. The third-order valence-electron chi connectivity index (χ3n) is 5.70. The molecule has 28 heavy (non-hydrogen) atoms. The van der Waals surface area contributed by atoms with Gasteiger partial charge in [-0.2, -0.15) is 0 Å². The van der Waals surface area contributed by atoms with Gasteiger partial charge in [-0.3, -0.25) is 0 Å². The Bertz CT molecular complexity index is 738. The molecular weight excluding hydrogens is 336 g/mol. The van der Waals surface area contributed by atoms with Crippen LogP contribution in [0.5, 0.6) is 0 Å². The van der Waals surface area contributed by atoms with Crippen molar-refractivity contribution in [1.29, 1.82) is 0 Å². The van der Waals surface area contributed by atoms with E-state index in [1.165, 1.54) is 43.2 Å². The van der Waals surface area contributed by atoms with E-state index in [-0.39, 0.29) is 0 Å². The van der Waals surface area contributed by atoms with Crippen molar-refractivity contribution >= 4 is 0 Å². The van der Waals surface area contributed by atoms with E-state index in [4.69, 9.17) is 0 Å². The number of rotatable bonds is 7. The molecule has 0 saturated heterocycles. The summed E-state index contributed by atoms with van der Waals surface area (Å²) in [5.41, 5.74) is 7.57. The Morgan fingerprint density at radius 2 is 1.79 bits per heavy atom. The summed E-state index contributed by atoms with van der Waals surface area (Å²) >= 11 is 0. The second kappa shape index (κ2) is 12.4. The Morgan fingerprint density at radius 1 is 1.00 bits per heavy atom. The van der Waals surface area contributed by atoms with Gasteiger partial charge in [-0.15, -0.1) is 0 Å². The van der Waals surface area contributed by atoms with Gasteiger partial charge in [0.25, 0.3) is 0 Å². The summed E-state index contributed by atoms with van der Waals surface area (Å²) in [6.45, 7) is 8.55. The minimum Gasteiger partial charge on any atom is -0.0879 e. The van der Waals surface area contributed by atoms with Gasteiger partial charge in [0.15, 0.2) is 0 Å². The second-order valence-corrected chi connectivity index (χ2v) is 7.69. The molecule has 0 fully saturated rings. The first kappa shape index (κ1) is 22.2. The quantitative estimate of drug-likeness (QED) is 0.331. The van der Waals surface area contributed by atoms with E-state index in [9.17, 15) is 0 Å². The molecule has 1 atom stereocenters. The fourth-order valence-electron chi connectivity index (χ4n) is 3.80. The van der Waals surface area contributed by atoms with Crippen LogP contribution in [0.15, 0.2) is 89.1 Å². The van der Waals surface area contributed by atoms with E-state index in [1.807, 2.05) is 13.8 Å². The van der Waals surface area contributed by atoms with Crippen molar-refractivity contribution in [3.05, 3.63) is 94.6 Å². The first-order chi connectivity index (χ1) is 13.7. The lowest BCUT2D eigenvalue weighted by molar-refractivity contribution is 0.792. The lowest BCUT2D eigenvalue weighted by atomic mass is 9.93. The lowest BCUT2D eigenvalue weighted by Gasteiger charge is -2.13. The first-order valence-electron chi connectivity index (χ1n) is 11.2. The first-order valence-corrected chi connectivity index (χ1v) is 11.2. The zero-order valence-corrected chi connectivity index (χ0v) is 18.4. The summed E-state index contributed by atoms with van der Waals surface area (Å²) < 4.78 is 0. The van der Waals surface area contributed by atoms with Crippen molar-refractivity contribution in [2.24, 2.45) is 5.92 Å². The van der Waals surface area contributed by atoms with Crippen molar-refractivity contribution in [1.82, 2.24) is 0 Å². The topological polar surface area (TPSA) is 0 Å². The maximum atomic E-state index is 2.47. The molecule has 0 aliphatic heterocycles. The molecule has 0 N–H and O–H groups in total. The molecule has 0 radical (unpaired) electrons. The van der Waals surface area contributed by atoms with Crippen LogP contribution in [0, 0.1) is 5.92 Å². The van der Waals surface area contributed by atoms with E-state index >= 15 is 0 Å². The monoisotopic (exact) mass is 374 g/mol. The SMILES string of the molecule is CC.CC1=C(C)/C(=C\CCC/C=C\C2C=CC(Cc3ccccc3)=CC2)CC1. The molecule has 0 heteroatoms. The van der Waals surface area contributed by atoms with Crippen molar-refractivity contribution < 1.29 is 0 Å². The molecule has 0 spiro atoms. The highest BCUT2D eigenvalue weighted by atomic mass is 14.2. The molecule has 150 valence electrons. The van der Waals surface area contributed by atoms with Crippen molar-refractivity contribution in [3.63, 3.8) is 0 Å². The highest BCUT2D eigenvalue weighted by molar-refractivity contribution is 5.38. The van der Waals surface area contributed by atoms with Gasteiger partial charge in [-0.1, -0.05) is 86.2 Å². The molecule has 2 aliphatic rings. The van der Waals surface area contributed by atoms with E-state index in [0.29, 0.717) is 5.92 Å². The normalized spacial score (nSPS) is 20.5. The van der Waals surface area contributed by atoms with Crippen LogP contribution in [0.4, 0.5) is 0 Å². The molecule has 1 aromatic rings. The molecular formula is C28H38. The van der Waals surface area contributed by atoms with Crippen molar-refractivity contribution in [2.75, 3.05) is 0 Å². The highest BCUT2D eigenvalue weighted by Crippen LogP contribution is 2.31. The predicted octanol–water partition coefficient (Wildman–Crippen LogP) is 8.54. The van der Waals surface area contributed by atoms with Crippen LogP contribution in [-0.4, -0.2) is 0 Å². The fourth-order valence-corrected chi connectivity index (χ4v) is 3.80. The van der Waals surface area contributed by atoms with Gasteiger partial charge < -0.3 is 0 Å². The Kier molecular flexibility index (Phi) is 9.83. The number of unbranched alkanes of at least 4 members (excludes halogenated alkanes) is 2. The standard InChI is InChI=1S/C26H32.C2H6/c1-21-14-19-26(22(21)2)13-9-4-3-6-10-23-15-17-25(18-16-23)20-24-11-7-5-8-12-24;1-2/h5-8,10-13,15,17-18,23H,3-4,9,14,16,19-20H2,1-2H3;1-2H3/b10-6-,26-13-;. The number of hydrogen-bond acceptors (Lipinski definition) is 0. The average molecular weight is 375 g/mol. The molecule has 0 heterocycles. The number of allylic oxidation sites excluding steroid dienone is 10. The zero-order valence-electron chi connectivity index (χ0n) is 18.4. The van der Waals surface area contributed by atoms with Crippen molar-refractivity contribution in [2.45, 2.75) is 72.6 Å². The Hall–Kier alpha value is -2.08. The summed E-state index contributed by atoms with van der Waals surface area (Å²) in [5.74, 6) is 0.579. The van der Waals surface area contributed by atoms with Gasteiger partial charge in [0.2, 0.25) is 0 Å². The van der Waals surface area contributed by atoms with Crippen LogP contribution in [-0.2, 0) is 6.42 Å². The Morgan fingerprint density at radius 3 is 2.43 bits per heavy atom. The van der Waals surface area contributed by atoms with E-state index in [2.05, 4.69) is 80.6 Å². The van der Waals surface area contributed by atoms with E-state index in [0.717, 1.165) is 12.8 Å². The summed E-state index contributed by atoms with van der Waals surface area (Å²) in [6.07, 6.45) is 22.7. The van der Waals surface area contributed by atoms with Crippen LogP contribution in [0.2, 0.25) is 0 Å². The summed E-state index contributed by atoms with van der Waals surface area (Å²) in [5, 5.41) is 0. The van der Waals surface area contributed by atoms with Gasteiger partial charge in [-0.05, 0) is 87.0 Å². The van der Waals surface area contributed by atoms with Gasteiger partial charge in [0.1, 0.15) is 0 Å². The van der Waals surface area contributed by atoms with E-state index < -0.39 is 0 Å². The minimum atomic E-state index is 0.579. The van der Waals surface area contributed by atoms with Crippen LogP contribution in [0.25, 0.3) is 0 Å². The molecule has 0 saturated carbocycles. The van der Waals surface area contributed by atoms with E-state index in [1.54, 1.807) is 16.7 Å². The largest absolute Gasteiger partial charge is 0.0879 e. The van der Waals surface area contributed by atoms with Crippen LogP contribution in [0.3, 0.4) is 0 Å². The highest BCUT2D eigenvalue weighted by Gasteiger charge is 2.11. The summed E-state index contributed by atoms with van der Waals surface area (Å²) in [6, 6.07) is 10.7. The van der Waals surface area contributed by atoms with Gasteiger partial charge >= 0.3 is 0 Å². The molecule has 3 rings (SSSR count). The molecule has 1 unspecified atom stereocenters. The number of benzene rings is 1. The number of hydrogen-bond donors (Lipinski definition) is 0.